The molecule has 0 fully saturated rings. The normalized spacial score (nSPS) is 10.7. The molecule has 3 N–H and O–H groups in total. The number of carbonyl (C=O) groups is 1. The summed E-state index contributed by atoms with van der Waals surface area (Å²) in [5.74, 6) is 4.54. The van der Waals surface area contributed by atoms with E-state index in [1.54, 1.807) is 12.1 Å². The minimum Gasteiger partial charge on any atom is -0.288 e. The van der Waals surface area contributed by atoms with E-state index in [9.17, 15) is 23.3 Å². The Bertz CT molecular complexity index is 1050. The summed E-state index contributed by atoms with van der Waals surface area (Å²) in [4.78, 5) is 20.7. The quantitative estimate of drug-likeness (QED) is 0.235. The zero-order valence-corrected chi connectivity index (χ0v) is 14.4. The van der Waals surface area contributed by atoms with Gasteiger partial charge >= 0.3 is 0 Å². The molecule has 0 atom stereocenters. The average molecular weight is 387 g/mol. The molecule has 0 aliphatic carbocycles. The van der Waals surface area contributed by atoms with E-state index in [0.717, 1.165) is 30.3 Å². The number of benzene rings is 2. The van der Waals surface area contributed by atoms with Crippen LogP contribution in [0, 0.1) is 22.0 Å². The number of nitrogens with one attached hydrogen (secondary N) is 2. The van der Waals surface area contributed by atoms with Crippen LogP contribution in [0.5, 0.6) is 0 Å². The highest BCUT2D eigenvalue weighted by molar-refractivity contribution is 7.92. The van der Waals surface area contributed by atoms with Gasteiger partial charge in [0.25, 0.3) is 21.6 Å². The van der Waals surface area contributed by atoms with Crippen molar-refractivity contribution in [3.63, 3.8) is 0 Å². The molecule has 10 heteroatoms. The molecule has 9 nitrogen and oxygen atoms in total. The van der Waals surface area contributed by atoms with Gasteiger partial charge in [0, 0.05) is 23.8 Å². The van der Waals surface area contributed by atoms with E-state index < -0.39 is 20.9 Å². The van der Waals surface area contributed by atoms with Gasteiger partial charge in [0.1, 0.15) is 0 Å². The maximum atomic E-state index is 12.4. The highest BCUT2D eigenvalue weighted by Gasteiger charge is 2.16. The predicted molar refractivity (Wildman–Crippen MR) is 96.3 cm³/mol. The number of hydrogen-bond donors (Lipinski definition) is 3. The van der Waals surface area contributed by atoms with Gasteiger partial charge in [-0.1, -0.05) is 17.9 Å². The number of rotatable bonds is 5. The Morgan fingerprint density at radius 2 is 1.89 bits per heavy atom. The lowest BCUT2D eigenvalue weighted by molar-refractivity contribution is -0.384. The molecule has 2 aromatic rings. The third kappa shape index (κ3) is 5.67. The number of allylic oxidation sites excluding steroid dienone is 1. The number of anilines is 1. The van der Waals surface area contributed by atoms with Gasteiger partial charge in [-0.3, -0.25) is 24.8 Å². The standard InChI is InChI=1S/C17H13N3O6S/c21-17(18-22)7-2-1-4-13-5-3-6-14(12-13)19-27(25,26)16-10-8-15(9-11-16)20(23)24/h2-3,5-12,19,22H,(H,18,21). The lowest BCUT2D eigenvalue weighted by Gasteiger charge is -2.08. The summed E-state index contributed by atoms with van der Waals surface area (Å²) in [5.41, 5.74) is 1.93. The summed E-state index contributed by atoms with van der Waals surface area (Å²) in [6, 6.07) is 10.7. The van der Waals surface area contributed by atoms with Gasteiger partial charge in [0.15, 0.2) is 0 Å². The molecule has 0 heterocycles. The van der Waals surface area contributed by atoms with Gasteiger partial charge in [-0.15, -0.1) is 0 Å². The van der Waals surface area contributed by atoms with Crippen LogP contribution in [0.3, 0.4) is 0 Å². The first kappa shape index (κ1) is 19.6. The second-order valence-electron chi connectivity index (χ2n) is 5.02. The summed E-state index contributed by atoms with van der Waals surface area (Å²) in [5, 5.41) is 19.0. The van der Waals surface area contributed by atoms with E-state index in [2.05, 4.69) is 16.6 Å². The second-order valence-corrected chi connectivity index (χ2v) is 6.70. The third-order valence-corrected chi connectivity index (χ3v) is 4.51. The first-order chi connectivity index (χ1) is 12.8. The molecule has 0 aliphatic rings. The second kappa shape index (κ2) is 8.61. The Morgan fingerprint density at radius 3 is 2.52 bits per heavy atom. The number of carbonyl (C=O) groups excluding carboxylic acids is 1. The first-order valence-electron chi connectivity index (χ1n) is 7.31. The number of nitrogens with zero attached hydrogens (tertiary/aromatic N) is 1. The Balaban J connectivity index is 2.17. The van der Waals surface area contributed by atoms with Gasteiger partial charge in [-0.25, -0.2) is 13.9 Å². The van der Waals surface area contributed by atoms with Crippen LogP contribution in [0.25, 0.3) is 0 Å². The highest BCUT2D eigenvalue weighted by atomic mass is 32.2. The van der Waals surface area contributed by atoms with Gasteiger partial charge in [0.05, 0.1) is 15.5 Å². The molecular weight excluding hydrogens is 374 g/mol. The van der Waals surface area contributed by atoms with Crippen LogP contribution in [0.2, 0.25) is 0 Å². The number of hydrogen-bond acceptors (Lipinski definition) is 6. The van der Waals surface area contributed by atoms with E-state index >= 15 is 0 Å². The van der Waals surface area contributed by atoms with Crippen molar-refractivity contribution in [3.05, 3.63) is 76.4 Å². The molecule has 138 valence electrons. The Hall–Kier alpha value is -3.68. The van der Waals surface area contributed by atoms with Gasteiger partial charge in [0.2, 0.25) is 0 Å². The van der Waals surface area contributed by atoms with Crippen molar-refractivity contribution in [1.29, 1.82) is 0 Å². The zero-order valence-electron chi connectivity index (χ0n) is 13.6. The fraction of sp³-hybridized carbons (Fsp3) is 0. The molecule has 0 saturated heterocycles. The Kier molecular flexibility index (Phi) is 6.27. The zero-order chi connectivity index (χ0) is 19.9. The number of hydroxylamine groups is 1. The molecule has 0 spiro atoms. The van der Waals surface area contributed by atoms with Crippen molar-refractivity contribution in [2.24, 2.45) is 0 Å². The van der Waals surface area contributed by atoms with Crippen LogP contribution >= 0.6 is 0 Å². The number of nitro groups is 1. The van der Waals surface area contributed by atoms with Crippen LogP contribution in [-0.4, -0.2) is 24.5 Å². The molecule has 0 aromatic heterocycles. The van der Waals surface area contributed by atoms with E-state index in [1.807, 2.05) is 0 Å². The minimum absolute atomic E-state index is 0.123. The maximum absolute atomic E-state index is 12.4. The summed E-state index contributed by atoms with van der Waals surface area (Å²) in [7, 11) is -3.93. The number of amides is 1. The molecule has 1 amide bonds. The molecule has 0 saturated carbocycles. The monoisotopic (exact) mass is 387 g/mol. The van der Waals surface area contributed by atoms with Gasteiger partial charge in [-0.2, -0.15) is 0 Å². The number of non-ortho nitro benzene ring substituents is 1. The average Bonchev–Trinajstić information content (AvgIpc) is 2.65. The van der Waals surface area contributed by atoms with Gasteiger partial charge in [-0.05, 0) is 36.4 Å². The molecule has 0 radical (unpaired) electrons. The molecule has 0 aliphatic heterocycles. The van der Waals surface area contributed by atoms with Crippen LogP contribution < -0.4 is 10.2 Å². The summed E-state index contributed by atoms with van der Waals surface area (Å²) in [6.45, 7) is 0. The number of nitro benzene ring substituents is 1. The molecule has 0 bridgehead atoms. The maximum Gasteiger partial charge on any atom is 0.269 e. The molecular formula is C17H13N3O6S. The smallest absolute Gasteiger partial charge is 0.269 e. The molecule has 2 rings (SSSR count). The predicted octanol–water partition coefficient (Wildman–Crippen LogP) is 1.81. The third-order valence-electron chi connectivity index (χ3n) is 3.12. The summed E-state index contributed by atoms with van der Waals surface area (Å²) < 4.78 is 27.1. The molecule has 27 heavy (non-hydrogen) atoms. The van der Waals surface area contributed by atoms with Crippen LogP contribution in [-0.2, 0) is 14.8 Å². The first-order valence-corrected chi connectivity index (χ1v) is 8.79. The van der Waals surface area contributed by atoms with Crippen molar-refractivity contribution in [1.82, 2.24) is 5.48 Å². The Morgan fingerprint density at radius 1 is 1.19 bits per heavy atom. The highest BCUT2D eigenvalue weighted by Crippen LogP contribution is 2.19. The van der Waals surface area contributed by atoms with Crippen LogP contribution in [0.15, 0.2) is 65.6 Å². The lowest BCUT2D eigenvalue weighted by Crippen LogP contribution is -2.14. The topological polar surface area (TPSA) is 139 Å². The van der Waals surface area contributed by atoms with E-state index in [4.69, 9.17) is 5.21 Å². The van der Waals surface area contributed by atoms with Crippen molar-refractivity contribution >= 4 is 27.3 Å². The van der Waals surface area contributed by atoms with Crippen molar-refractivity contribution in [2.45, 2.75) is 4.90 Å². The fourth-order valence-corrected chi connectivity index (χ4v) is 2.95. The Labute approximate surface area is 154 Å². The SMILES string of the molecule is O=C(C=CC#Cc1cccc(NS(=O)(=O)c2ccc([N+](=O)[O-])cc2)c1)NO. The van der Waals surface area contributed by atoms with E-state index in [-0.39, 0.29) is 16.3 Å². The van der Waals surface area contributed by atoms with Crippen molar-refractivity contribution < 1.29 is 23.3 Å². The van der Waals surface area contributed by atoms with Crippen molar-refractivity contribution in [3.8, 4) is 11.8 Å². The molecule has 0 unspecified atom stereocenters. The van der Waals surface area contributed by atoms with Crippen LogP contribution in [0.1, 0.15) is 5.56 Å². The largest absolute Gasteiger partial charge is 0.288 e. The van der Waals surface area contributed by atoms with Crippen LogP contribution in [0.4, 0.5) is 11.4 Å². The lowest BCUT2D eigenvalue weighted by atomic mass is 10.2. The van der Waals surface area contributed by atoms with Crippen molar-refractivity contribution in [2.75, 3.05) is 4.72 Å². The number of sulfonamides is 1. The van der Waals surface area contributed by atoms with E-state index in [1.165, 1.54) is 23.7 Å². The van der Waals surface area contributed by atoms with Gasteiger partial charge < -0.3 is 0 Å². The fourth-order valence-electron chi connectivity index (χ4n) is 1.90. The summed E-state index contributed by atoms with van der Waals surface area (Å²) in [6.07, 6.45) is 2.24. The minimum atomic E-state index is -3.93. The molecule has 2 aromatic carbocycles. The van der Waals surface area contributed by atoms with E-state index in [0.29, 0.717) is 5.56 Å². The summed E-state index contributed by atoms with van der Waals surface area (Å²) >= 11 is 0.